The van der Waals surface area contributed by atoms with Gasteiger partial charge in [0.15, 0.2) is 0 Å². The van der Waals surface area contributed by atoms with Crippen molar-refractivity contribution in [2.45, 2.75) is 52.1 Å². The van der Waals surface area contributed by atoms with Crippen LogP contribution in [0.4, 0.5) is 0 Å². The number of rotatable bonds is 4. The maximum Gasteiger partial charge on any atom is 0.372 e. The van der Waals surface area contributed by atoms with Crippen LogP contribution in [-0.4, -0.2) is 29.1 Å². The molecule has 1 saturated carbocycles. The van der Waals surface area contributed by atoms with Crippen LogP contribution in [0.3, 0.4) is 0 Å². The van der Waals surface area contributed by atoms with Gasteiger partial charge in [0.05, 0.1) is 6.54 Å². The Hall–Kier alpha value is -1.29. The smallest absolute Gasteiger partial charge is 0.372 e. The van der Waals surface area contributed by atoms with Crippen LogP contribution >= 0.6 is 0 Å². The molecule has 0 spiro atoms. The van der Waals surface area contributed by atoms with Gasteiger partial charge in [-0.1, -0.05) is 19.8 Å². The molecule has 2 rings (SSSR count). The van der Waals surface area contributed by atoms with Crippen LogP contribution in [0.25, 0.3) is 0 Å². The quantitative estimate of drug-likeness (QED) is 0.907. The van der Waals surface area contributed by atoms with Gasteiger partial charge in [-0.15, -0.1) is 0 Å². The van der Waals surface area contributed by atoms with Gasteiger partial charge in [-0.05, 0) is 38.8 Å². The van der Waals surface area contributed by atoms with Crippen molar-refractivity contribution in [2.75, 3.05) is 7.05 Å². The molecule has 0 saturated heterocycles. The Morgan fingerprint density at radius 1 is 1.47 bits per heavy atom. The molecule has 1 aromatic rings. The van der Waals surface area contributed by atoms with Crippen molar-refractivity contribution in [3.05, 3.63) is 23.2 Å². The summed E-state index contributed by atoms with van der Waals surface area (Å²) in [5.74, 6) is 0.529. The molecule has 0 radical (unpaired) electrons. The molecule has 19 heavy (non-hydrogen) atoms. The van der Waals surface area contributed by atoms with Crippen molar-refractivity contribution in [1.29, 1.82) is 0 Å². The van der Waals surface area contributed by atoms with Crippen molar-refractivity contribution < 1.29 is 14.3 Å². The lowest BCUT2D eigenvalue weighted by Crippen LogP contribution is -2.38. The van der Waals surface area contributed by atoms with Crippen molar-refractivity contribution in [3.8, 4) is 0 Å². The van der Waals surface area contributed by atoms with Gasteiger partial charge in [0, 0.05) is 11.6 Å². The van der Waals surface area contributed by atoms with E-state index in [0.717, 1.165) is 5.76 Å². The largest absolute Gasteiger partial charge is 0.475 e. The first-order chi connectivity index (χ1) is 8.99. The maximum atomic E-state index is 11.0. The monoisotopic (exact) mass is 265 g/mol. The Morgan fingerprint density at radius 2 is 2.16 bits per heavy atom. The van der Waals surface area contributed by atoms with Gasteiger partial charge in [-0.3, -0.25) is 4.90 Å². The van der Waals surface area contributed by atoms with Crippen molar-refractivity contribution in [3.63, 3.8) is 0 Å². The van der Waals surface area contributed by atoms with E-state index in [4.69, 9.17) is 9.52 Å². The number of carboxylic acid groups (broad SMARTS) is 1. The fourth-order valence-corrected chi connectivity index (χ4v) is 3.15. The molecule has 1 N–H and O–H groups in total. The van der Waals surface area contributed by atoms with E-state index in [1.165, 1.54) is 25.7 Å². The number of furan rings is 1. The van der Waals surface area contributed by atoms with Crippen LogP contribution in [-0.2, 0) is 6.54 Å². The molecule has 4 nitrogen and oxygen atoms in total. The zero-order valence-corrected chi connectivity index (χ0v) is 12.0. The number of hydrogen-bond donors (Lipinski definition) is 1. The second-order valence-electron chi connectivity index (χ2n) is 5.77. The van der Waals surface area contributed by atoms with Gasteiger partial charge < -0.3 is 9.52 Å². The van der Waals surface area contributed by atoms with Crippen molar-refractivity contribution in [1.82, 2.24) is 4.90 Å². The standard InChI is InChI=1S/C15H23NO3/c1-10-6-4-5-7-13(10)16(3)9-12-8-11(2)14(19-12)15(17)18/h8,10,13H,4-7,9H2,1-3H3,(H,17,18). The Balaban J connectivity index is 2.04. The van der Waals surface area contributed by atoms with Crippen LogP contribution in [0.5, 0.6) is 0 Å². The highest BCUT2D eigenvalue weighted by molar-refractivity contribution is 5.86. The number of hydrogen-bond acceptors (Lipinski definition) is 3. The molecule has 2 atom stereocenters. The number of aryl methyl sites for hydroxylation is 1. The SMILES string of the molecule is Cc1cc(CN(C)C2CCCCC2C)oc1C(=O)O. The molecular formula is C15H23NO3. The summed E-state index contributed by atoms with van der Waals surface area (Å²) in [4.78, 5) is 13.3. The van der Waals surface area contributed by atoms with E-state index in [0.29, 0.717) is 24.1 Å². The first-order valence-corrected chi connectivity index (χ1v) is 7.02. The predicted octanol–water partition coefficient (Wildman–Crippen LogP) is 3.30. The van der Waals surface area contributed by atoms with Crippen LogP contribution in [0.1, 0.15) is 54.5 Å². The average molecular weight is 265 g/mol. The van der Waals surface area contributed by atoms with Crippen LogP contribution in [0, 0.1) is 12.8 Å². The molecule has 1 fully saturated rings. The Labute approximate surface area is 114 Å². The van der Waals surface area contributed by atoms with E-state index in [-0.39, 0.29) is 5.76 Å². The Bertz CT molecular complexity index is 452. The molecule has 4 heteroatoms. The third-order valence-corrected chi connectivity index (χ3v) is 4.20. The molecule has 1 aliphatic rings. The molecule has 0 aromatic carbocycles. The van der Waals surface area contributed by atoms with E-state index in [1.807, 2.05) is 6.07 Å². The number of nitrogens with zero attached hydrogens (tertiary/aromatic N) is 1. The summed E-state index contributed by atoms with van der Waals surface area (Å²) >= 11 is 0. The molecule has 0 aliphatic heterocycles. The van der Waals surface area contributed by atoms with Crippen molar-refractivity contribution in [2.24, 2.45) is 5.92 Å². The van der Waals surface area contributed by atoms with E-state index < -0.39 is 5.97 Å². The summed E-state index contributed by atoms with van der Waals surface area (Å²) in [5, 5.41) is 9.00. The Kier molecular flexibility index (Phi) is 4.30. The molecule has 1 heterocycles. The highest BCUT2D eigenvalue weighted by Crippen LogP contribution is 2.28. The fourth-order valence-electron chi connectivity index (χ4n) is 3.15. The summed E-state index contributed by atoms with van der Waals surface area (Å²) < 4.78 is 5.43. The van der Waals surface area contributed by atoms with Gasteiger partial charge in [0.2, 0.25) is 5.76 Å². The number of aromatic carboxylic acids is 1. The zero-order chi connectivity index (χ0) is 14.0. The van der Waals surface area contributed by atoms with E-state index in [2.05, 4.69) is 18.9 Å². The lowest BCUT2D eigenvalue weighted by Gasteiger charge is -2.35. The lowest BCUT2D eigenvalue weighted by molar-refractivity contribution is 0.0654. The topological polar surface area (TPSA) is 53.7 Å². The minimum Gasteiger partial charge on any atom is -0.475 e. The third-order valence-electron chi connectivity index (χ3n) is 4.20. The molecule has 0 bridgehead atoms. The van der Waals surface area contributed by atoms with E-state index in [9.17, 15) is 4.79 Å². The molecular weight excluding hydrogens is 242 g/mol. The molecule has 1 aromatic heterocycles. The number of carboxylic acids is 1. The maximum absolute atomic E-state index is 11.0. The minimum atomic E-state index is -0.988. The molecule has 2 unspecified atom stereocenters. The van der Waals surface area contributed by atoms with Gasteiger partial charge in [0.25, 0.3) is 0 Å². The van der Waals surface area contributed by atoms with Crippen LogP contribution in [0.15, 0.2) is 10.5 Å². The van der Waals surface area contributed by atoms with E-state index in [1.54, 1.807) is 6.92 Å². The molecule has 1 aliphatic carbocycles. The summed E-state index contributed by atoms with van der Waals surface area (Å²) in [6.07, 6.45) is 5.13. The van der Waals surface area contributed by atoms with Crippen LogP contribution in [0.2, 0.25) is 0 Å². The summed E-state index contributed by atoms with van der Waals surface area (Å²) in [5.41, 5.74) is 0.701. The second kappa shape index (κ2) is 5.78. The highest BCUT2D eigenvalue weighted by Gasteiger charge is 2.26. The second-order valence-corrected chi connectivity index (χ2v) is 5.77. The van der Waals surface area contributed by atoms with Crippen LogP contribution < -0.4 is 0 Å². The summed E-state index contributed by atoms with van der Waals surface area (Å²) in [7, 11) is 2.10. The minimum absolute atomic E-state index is 0.0695. The van der Waals surface area contributed by atoms with Gasteiger partial charge in [-0.25, -0.2) is 4.79 Å². The normalized spacial score (nSPS) is 23.8. The first kappa shape index (κ1) is 14.1. The van der Waals surface area contributed by atoms with Crippen molar-refractivity contribution >= 4 is 5.97 Å². The van der Waals surface area contributed by atoms with Gasteiger partial charge in [-0.2, -0.15) is 0 Å². The summed E-state index contributed by atoms with van der Waals surface area (Å²) in [6.45, 7) is 4.76. The molecule has 106 valence electrons. The van der Waals surface area contributed by atoms with E-state index >= 15 is 0 Å². The first-order valence-electron chi connectivity index (χ1n) is 7.02. The predicted molar refractivity (Wildman–Crippen MR) is 73.3 cm³/mol. The average Bonchev–Trinajstić information content (AvgIpc) is 2.70. The number of carbonyl (C=O) groups is 1. The third kappa shape index (κ3) is 3.18. The van der Waals surface area contributed by atoms with Gasteiger partial charge in [0.1, 0.15) is 5.76 Å². The fraction of sp³-hybridized carbons (Fsp3) is 0.667. The summed E-state index contributed by atoms with van der Waals surface area (Å²) in [6, 6.07) is 2.42. The zero-order valence-electron chi connectivity index (χ0n) is 12.0. The highest BCUT2D eigenvalue weighted by atomic mass is 16.4. The van der Waals surface area contributed by atoms with Gasteiger partial charge >= 0.3 is 5.97 Å². The Morgan fingerprint density at radius 3 is 2.74 bits per heavy atom. The molecule has 0 amide bonds. The lowest BCUT2D eigenvalue weighted by atomic mass is 9.85.